The summed E-state index contributed by atoms with van der Waals surface area (Å²) in [6.45, 7) is 6.11. The van der Waals surface area contributed by atoms with Gasteiger partial charge in [-0.1, -0.05) is 30.3 Å². The minimum absolute atomic E-state index is 0.448. The van der Waals surface area contributed by atoms with Crippen molar-refractivity contribution in [3.8, 4) is 0 Å². The number of benzene rings is 1. The number of likely N-dealkylation sites (tertiary alicyclic amines) is 1. The molecule has 2 aliphatic rings. The van der Waals surface area contributed by atoms with E-state index in [4.69, 9.17) is 5.73 Å². The smallest absolute Gasteiger partial charge is 0.0264 e. The van der Waals surface area contributed by atoms with Crippen molar-refractivity contribution in [2.45, 2.75) is 31.3 Å². The molecular formula is C16H25N3. The molecule has 0 amide bonds. The zero-order chi connectivity index (χ0) is 13.1. The van der Waals surface area contributed by atoms with Crippen LogP contribution in [0.4, 0.5) is 0 Å². The number of hydrogen-bond acceptors (Lipinski definition) is 3. The molecule has 2 fully saturated rings. The van der Waals surface area contributed by atoms with Crippen LogP contribution >= 0.6 is 0 Å². The van der Waals surface area contributed by atoms with Crippen LogP contribution in [0, 0.1) is 0 Å². The molecule has 1 aromatic carbocycles. The number of nitrogens with zero attached hydrogens (tertiary/aromatic N) is 2. The van der Waals surface area contributed by atoms with Crippen LogP contribution in [0.15, 0.2) is 30.3 Å². The first kappa shape index (κ1) is 13.1. The fourth-order valence-corrected chi connectivity index (χ4v) is 3.02. The highest BCUT2D eigenvalue weighted by Crippen LogP contribution is 2.21. The minimum atomic E-state index is 0.448. The Morgan fingerprint density at radius 1 is 1.05 bits per heavy atom. The van der Waals surface area contributed by atoms with E-state index < -0.39 is 0 Å². The maximum atomic E-state index is 5.94. The van der Waals surface area contributed by atoms with Gasteiger partial charge in [0, 0.05) is 31.7 Å². The Labute approximate surface area is 116 Å². The van der Waals surface area contributed by atoms with Crippen molar-refractivity contribution in [1.82, 2.24) is 9.80 Å². The Bertz CT molecular complexity index is 384. The van der Waals surface area contributed by atoms with Crippen molar-refractivity contribution in [1.29, 1.82) is 0 Å². The van der Waals surface area contributed by atoms with E-state index in [9.17, 15) is 0 Å². The second-order valence-electron chi connectivity index (χ2n) is 6.02. The Morgan fingerprint density at radius 2 is 1.79 bits per heavy atom. The molecule has 1 aromatic rings. The summed E-state index contributed by atoms with van der Waals surface area (Å²) in [6.07, 6.45) is 3.56. The predicted molar refractivity (Wildman–Crippen MR) is 79.2 cm³/mol. The van der Waals surface area contributed by atoms with Gasteiger partial charge in [-0.05, 0) is 37.9 Å². The standard InChI is InChI=1S/C16H25N3/c17-15-6-8-18(9-7-15)10-11-19-13-16(19)12-14-4-2-1-3-5-14/h1-5,15-16H,6-13,17H2. The van der Waals surface area contributed by atoms with Gasteiger partial charge in [0.2, 0.25) is 0 Å². The average molecular weight is 259 g/mol. The summed E-state index contributed by atoms with van der Waals surface area (Å²) in [5.74, 6) is 0. The Kier molecular flexibility index (Phi) is 4.16. The van der Waals surface area contributed by atoms with Crippen molar-refractivity contribution in [2.24, 2.45) is 5.73 Å². The van der Waals surface area contributed by atoms with E-state index in [0.29, 0.717) is 6.04 Å². The van der Waals surface area contributed by atoms with Crippen LogP contribution in [-0.4, -0.2) is 54.6 Å². The normalized spacial score (nSPS) is 28.5. The van der Waals surface area contributed by atoms with Crippen molar-refractivity contribution in [3.63, 3.8) is 0 Å². The fraction of sp³-hybridized carbons (Fsp3) is 0.625. The molecule has 2 N–H and O–H groups in total. The molecular weight excluding hydrogens is 234 g/mol. The fourth-order valence-electron chi connectivity index (χ4n) is 3.02. The summed E-state index contributed by atoms with van der Waals surface area (Å²) in [6, 6.07) is 12.1. The molecule has 0 radical (unpaired) electrons. The molecule has 2 aliphatic heterocycles. The largest absolute Gasteiger partial charge is 0.328 e. The lowest BCUT2D eigenvalue weighted by Gasteiger charge is -2.30. The van der Waals surface area contributed by atoms with Crippen LogP contribution in [0.5, 0.6) is 0 Å². The Morgan fingerprint density at radius 3 is 2.53 bits per heavy atom. The van der Waals surface area contributed by atoms with Gasteiger partial charge >= 0.3 is 0 Å². The van der Waals surface area contributed by atoms with E-state index in [1.165, 1.54) is 57.5 Å². The van der Waals surface area contributed by atoms with Gasteiger partial charge in [0.1, 0.15) is 0 Å². The van der Waals surface area contributed by atoms with E-state index >= 15 is 0 Å². The van der Waals surface area contributed by atoms with Gasteiger partial charge in [-0.3, -0.25) is 4.90 Å². The molecule has 3 rings (SSSR count). The van der Waals surface area contributed by atoms with Gasteiger partial charge < -0.3 is 10.6 Å². The van der Waals surface area contributed by atoms with Crippen molar-refractivity contribution in [3.05, 3.63) is 35.9 Å². The zero-order valence-corrected chi connectivity index (χ0v) is 11.7. The van der Waals surface area contributed by atoms with E-state index in [1.807, 2.05) is 0 Å². The zero-order valence-electron chi connectivity index (χ0n) is 11.7. The average Bonchev–Trinajstić information content (AvgIpc) is 3.17. The Hall–Kier alpha value is -0.900. The van der Waals surface area contributed by atoms with Crippen LogP contribution in [0.3, 0.4) is 0 Å². The maximum absolute atomic E-state index is 5.94. The molecule has 3 nitrogen and oxygen atoms in total. The molecule has 0 aliphatic carbocycles. The molecule has 3 heteroatoms. The van der Waals surface area contributed by atoms with E-state index in [1.54, 1.807) is 0 Å². The highest BCUT2D eigenvalue weighted by molar-refractivity contribution is 5.17. The molecule has 2 unspecified atom stereocenters. The lowest BCUT2D eigenvalue weighted by atomic mass is 10.1. The van der Waals surface area contributed by atoms with E-state index in [-0.39, 0.29) is 0 Å². The summed E-state index contributed by atoms with van der Waals surface area (Å²) < 4.78 is 0. The van der Waals surface area contributed by atoms with Crippen LogP contribution in [0.2, 0.25) is 0 Å². The predicted octanol–water partition coefficient (Wildman–Crippen LogP) is 1.34. The Balaban J connectivity index is 1.35. The molecule has 2 heterocycles. The lowest BCUT2D eigenvalue weighted by molar-refractivity contribution is 0.203. The number of rotatable bonds is 5. The van der Waals surface area contributed by atoms with Gasteiger partial charge in [-0.25, -0.2) is 0 Å². The lowest BCUT2D eigenvalue weighted by Crippen LogP contribution is -2.41. The summed E-state index contributed by atoms with van der Waals surface area (Å²) in [7, 11) is 0. The monoisotopic (exact) mass is 259 g/mol. The van der Waals surface area contributed by atoms with Gasteiger partial charge in [0.15, 0.2) is 0 Å². The summed E-state index contributed by atoms with van der Waals surface area (Å²) in [4.78, 5) is 5.17. The summed E-state index contributed by atoms with van der Waals surface area (Å²) >= 11 is 0. The molecule has 0 saturated carbocycles. The van der Waals surface area contributed by atoms with Crippen LogP contribution in [0.1, 0.15) is 18.4 Å². The third kappa shape index (κ3) is 3.78. The second-order valence-corrected chi connectivity index (χ2v) is 6.02. The number of hydrogen-bond donors (Lipinski definition) is 1. The highest BCUT2D eigenvalue weighted by atomic mass is 15.3. The first-order valence-electron chi connectivity index (χ1n) is 7.57. The summed E-state index contributed by atoms with van der Waals surface area (Å²) in [5, 5.41) is 0. The molecule has 0 bridgehead atoms. The topological polar surface area (TPSA) is 32.3 Å². The first-order valence-corrected chi connectivity index (χ1v) is 7.57. The minimum Gasteiger partial charge on any atom is -0.328 e. The summed E-state index contributed by atoms with van der Waals surface area (Å²) in [5.41, 5.74) is 7.41. The van der Waals surface area contributed by atoms with Crippen LogP contribution < -0.4 is 5.73 Å². The van der Waals surface area contributed by atoms with E-state index in [2.05, 4.69) is 40.1 Å². The quantitative estimate of drug-likeness (QED) is 0.810. The van der Waals surface area contributed by atoms with Gasteiger partial charge in [0.25, 0.3) is 0 Å². The van der Waals surface area contributed by atoms with Crippen LogP contribution in [-0.2, 0) is 6.42 Å². The van der Waals surface area contributed by atoms with Crippen molar-refractivity contribution < 1.29 is 0 Å². The SMILES string of the molecule is NC1CCN(CCN2CC2Cc2ccccc2)CC1. The van der Waals surface area contributed by atoms with Gasteiger partial charge in [0.05, 0.1) is 0 Å². The van der Waals surface area contributed by atoms with Gasteiger partial charge in [-0.15, -0.1) is 0 Å². The molecule has 2 saturated heterocycles. The highest BCUT2D eigenvalue weighted by Gasteiger charge is 2.33. The molecule has 104 valence electrons. The maximum Gasteiger partial charge on any atom is 0.0264 e. The van der Waals surface area contributed by atoms with Crippen molar-refractivity contribution >= 4 is 0 Å². The first-order chi connectivity index (χ1) is 9.31. The number of piperidine rings is 1. The number of nitrogens with two attached hydrogens (primary N) is 1. The third-order valence-electron chi connectivity index (χ3n) is 4.48. The third-order valence-corrected chi connectivity index (χ3v) is 4.48. The van der Waals surface area contributed by atoms with E-state index in [0.717, 1.165) is 6.04 Å². The molecule has 0 aromatic heterocycles. The second kappa shape index (κ2) is 6.04. The van der Waals surface area contributed by atoms with Crippen molar-refractivity contribution in [2.75, 3.05) is 32.7 Å². The molecule has 19 heavy (non-hydrogen) atoms. The van der Waals surface area contributed by atoms with Gasteiger partial charge in [-0.2, -0.15) is 0 Å². The molecule has 2 atom stereocenters. The molecule has 0 spiro atoms. The van der Waals surface area contributed by atoms with Crippen LogP contribution in [0.25, 0.3) is 0 Å².